The predicted octanol–water partition coefficient (Wildman–Crippen LogP) is 4.33. The van der Waals surface area contributed by atoms with Gasteiger partial charge in [0.15, 0.2) is 10.6 Å². The van der Waals surface area contributed by atoms with Crippen molar-refractivity contribution < 1.29 is 22.9 Å². The molecule has 0 radical (unpaired) electrons. The minimum absolute atomic E-state index is 0.139. The molecule has 0 unspecified atom stereocenters. The summed E-state index contributed by atoms with van der Waals surface area (Å²) >= 11 is 11.0. The fraction of sp³-hybridized carbons (Fsp3) is 0.118. The Kier molecular flexibility index (Phi) is 6.27. The maximum absolute atomic E-state index is 12.8. The van der Waals surface area contributed by atoms with Crippen molar-refractivity contribution in [1.82, 2.24) is 20.2 Å². The van der Waals surface area contributed by atoms with Gasteiger partial charge in [0, 0.05) is 16.7 Å². The van der Waals surface area contributed by atoms with Crippen LogP contribution in [0.3, 0.4) is 0 Å². The molecule has 3 aromatic rings. The van der Waals surface area contributed by atoms with E-state index in [-0.39, 0.29) is 17.0 Å². The number of carbonyl (C=O) groups excluding carboxylic acids is 1. The summed E-state index contributed by atoms with van der Waals surface area (Å²) in [5.41, 5.74) is 2.73. The lowest BCUT2D eigenvalue weighted by atomic mass is 10.1. The molecule has 0 aliphatic heterocycles. The van der Waals surface area contributed by atoms with E-state index in [2.05, 4.69) is 21.0 Å². The Morgan fingerprint density at radius 3 is 2.55 bits per heavy atom. The van der Waals surface area contributed by atoms with Gasteiger partial charge in [-0.15, -0.1) is 0 Å². The van der Waals surface area contributed by atoms with Gasteiger partial charge in [0.25, 0.3) is 11.6 Å². The number of hydrogen-bond acceptors (Lipinski definition) is 6. The van der Waals surface area contributed by atoms with Gasteiger partial charge in [0.05, 0.1) is 10.5 Å². The third-order valence-corrected chi connectivity index (χ3v) is 4.58. The number of aromatic amines is 1. The number of nitrogens with one attached hydrogen (secondary N) is 3. The average molecular weight is 473 g/mol. The molecule has 1 aromatic heterocycles. The topological polar surface area (TPSA) is 118 Å². The van der Waals surface area contributed by atoms with Crippen LogP contribution in [0.2, 0.25) is 5.02 Å². The van der Waals surface area contributed by atoms with Crippen LogP contribution in [0.25, 0.3) is 11.4 Å². The van der Waals surface area contributed by atoms with Crippen molar-refractivity contribution in [3.63, 3.8) is 0 Å². The largest absolute Gasteiger partial charge is 0.416 e. The van der Waals surface area contributed by atoms with Crippen molar-refractivity contribution in [2.75, 3.05) is 5.43 Å². The van der Waals surface area contributed by atoms with Gasteiger partial charge in [0.2, 0.25) is 0 Å². The third-order valence-electron chi connectivity index (χ3n) is 4.02. The quantitative estimate of drug-likeness (QED) is 0.279. The molecule has 162 valence electrons. The highest BCUT2D eigenvalue weighted by Crippen LogP contribution is 2.34. The van der Waals surface area contributed by atoms with Crippen LogP contribution in [-0.4, -0.2) is 25.6 Å². The SMILES string of the molecule is O=C(Cn1c(-c2ccc(Cl)cc2)n[nH]c1=S)NNc1ccc(C(F)(F)F)cc1[N+](=O)[O-]. The molecule has 31 heavy (non-hydrogen) atoms. The first-order chi connectivity index (χ1) is 14.6. The molecule has 0 fully saturated rings. The first-order valence-electron chi connectivity index (χ1n) is 8.38. The molecule has 14 heteroatoms. The van der Waals surface area contributed by atoms with E-state index in [1.165, 1.54) is 4.57 Å². The third kappa shape index (κ3) is 5.19. The average Bonchev–Trinajstić information content (AvgIpc) is 3.06. The number of amides is 1. The minimum atomic E-state index is -4.75. The van der Waals surface area contributed by atoms with Gasteiger partial charge < -0.3 is 0 Å². The number of halogens is 4. The highest BCUT2D eigenvalue weighted by molar-refractivity contribution is 7.71. The van der Waals surface area contributed by atoms with Gasteiger partial charge in [-0.2, -0.15) is 18.3 Å². The highest BCUT2D eigenvalue weighted by atomic mass is 35.5. The van der Waals surface area contributed by atoms with Crippen molar-refractivity contribution in [3.8, 4) is 11.4 Å². The molecule has 2 aromatic carbocycles. The lowest BCUT2D eigenvalue weighted by Gasteiger charge is -2.12. The van der Waals surface area contributed by atoms with E-state index in [0.29, 0.717) is 28.5 Å². The fourth-order valence-electron chi connectivity index (χ4n) is 2.57. The Morgan fingerprint density at radius 1 is 1.26 bits per heavy atom. The monoisotopic (exact) mass is 472 g/mol. The summed E-state index contributed by atoms with van der Waals surface area (Å²) in [6.45, 7) is -0.325. The number of anilines is 1. The Morgan fingerprint density at radius 2 is 1.94 bits per heavy atom. The molecule has 0 saturated heterocycles. The summed E-state index contributed by atoms with van der Waals surface area (Å²) in [5, 5.41) is 18.2. The van der Waals surface area contributed by atoms with E-state index in [1.807, 2.05) is 0 Å². The van der Waals surface area contributed by atoms with E-state index in [1.54, 1.807) is 24.3 Å². The number of aromatic nitrogens is 3. The number of hydrazine groups is 1. The molecule has 3 N–H and O–H groups in total. The lowest BCUT2D eigenvalue weighted by Crippen LogP contribution is -2.33. The number of benzene rings is 2. The maximum atomic E-state index is 12.8. The van der Waals surface area contributed by atoms with E-state index in [9.17, 15) is 28.1 Å². The van der Waals surface area contributed by atoms with Crippen LogP contribution < -0.4 is 10.9 Å². The second-order valence-corrected chi connectivity index (χ2v) is 6.93. The van der Waals surface area contributed by atoms with E-state index in [0.717, 1.165) is 6.07 Å². The van der Waals surface area contributed by atoms with Crippen molar-refractivity contribution in [2.45, 2.75) is 12.7 Å². The van der Waals surface area contributed by atoms with Gasteiger partial charge in [-0.05, 0) is 48.6 Å². The molecule has 0 aliphatic rings. The number of hydrogen-bond donors (Lipinski definition) is 3. The zero-order valence-corrected chi connectivity index (χ0v) is 16.8. The second-order valence-electron chi connectivity index (χ2n) is 6.11. The number of H-pyrrole nitrogens is 1. The van der Waals surface area contributed by atoms with E-state index >= 15 is 0 Å². The lowest BCUT2D eigenvalue weighted by molar-refractivity contribution is -0.384. The predicted molar refractivity (Wildman–Crippen MR) is 108 cm³/mol. The van der Waals surface area contributed by atoms with Crippen LogP contribution in [0.5, 0.6) is 0 Å². The van der Waals surface area contributed by atoms with Crippen LogP contribution in [0, 0.1) is 14.9 Å². The minimum Gasteiger partial charge on any atom is -0.292 e. The zero-order valence-electron chi connectivity index (χ0n) is 15.2. The van der Waals surface area contributed by atoms with Gasteiger partial charge in [-0.1, -0.05) is 11.6 Å². The Bertz CT molecular complexity index is 1190. The number of nitrogens with zero attached hydrogens (tertiary/aromatic N) is 3. The summed E-state index contributed by atoms with van der Waals surface area (Å²) in [6.07, 6.45) is -4.75. The Balaban J connectivity index is 1.76. The molecule has 1 amide bonds. The molecular formula is C17H12ClF3N6O3S. The summed E-state index contributed by atoms with van der Waals surface area (Å²) < 4.78 is 39.9. The molecule has 0 spiro atoms. The Hall–Kier alpha value is -3.45. The van der Waals surface area contributed by atoms with Gasteiger partial charge >= 0.3 is 6.18 Å². The first kappa shape index (κ1) is 22.2. The zero-order chi connectivity index (χ0) is 22.8. The van der Waals surface area contributed by atoms with Crippen LogP contribution in [0.15, 0.2) is 42.5 Å². The Labute approximate surface area is 182 Å². The molecule has 9 nitrogen and oxygen atoms in total. The van der Waals surface area contributed by atoms with Crippen molar-refractivity contribution in [2.24, 2.45) is 0 Å². The highest BCUT2D eigenvalue weighted by Gasteiger charge is 2.33. The van der Waals surface area contributed by atoms with Crippen molar-refractivity contribution in [3.05, 3.63) is 67.9 Å². The molecule has 0 bridgehead atoms. The van der Waals surface area contributed by atoms with Gasteiger partial charge in [0.1, 0.15) is 12.2 Å². The summed E-state index contributed by atoms with van der Waals surface area (Å²) in [7, 11) is 0. The number of nitro groups is 1. The molecule has 1 heterocycles. The molecular weight excluding hydrogens is 461 g/mol. The van der Waals surface area contributed by atoms with Crippen LogP contribution >= 0.6 is 23.8 Å². The summed E-state index contributed by atoms with van der Waals surface area (Å²) in [4.78, 5) is 22.5. The van der Waals surface area contributed by atoms with Crippen LogP contribution in [-0.2, 0) is 17.5 Å². The van der Waals surface area contributed by atoms with Crippen LogP contribution in [0.1, 0.15) is 5.56 Å². The number of carbonyl (C=O) groups is 1. The maximum Gasteiger partial charge on any atom is 0.416 e. The molecule has 0 atom stereocenters. The normalized spacial score (nSPS) is 11.2. The second kappa shape index (κ2) is 8.73. The van der Waals surface area contributed by atoms with E-state index in [4.69, 9.17) is 23.8 Å². The molecule has 0 saturated carbocycles. The first-order valence-corrected chi connectivity index (χ1v) is 9.16. The van der Waals surface area contributed by atoms with Gasteiger partial charge in [-0.3, -0.25) is 35.4 Å². The van der Waals surface area contributed by atoms with Crippen molar-refractivity contribution >= 4 is 41.1 Å². The molecule has 0 aliphatic carbocycles. The summed E-state index contributed by atoms with van der Waals surface area (Å²) in [5.74, 6) is -0.334. The van der Waals surface area contributed by atoms with E-state index < -0.39 is 28.3 Å². The molecule has 3 rings (SSSR count). The number of alkyl halides is 3. The standard InChI is InChI=1S/C17H12ClF3N6O3S/c18-11-4-1-9(2-5-11)15-24-25-16(31)26(15)8-14(28)23-22-12-6-3-10(17(19,20)21)7-13(12)27(29)30/h1-7,22H,8H2,(H,23,28)(H,25,31). The van der Waals surface area contributed by atoms with Gasteiger partial charge in [-0.25, -0.2) is 0 Å². The van der Waals surface area contributed by atoms with Crippen molar-refractivity contribution in [1.29, 1.82) is 0 Å². The number of rotatable bonds is 6. The smallest absolute Gasteiger partial charge is 0.292 e. The number of nitro benzene ring substituents is 1. The fourth-order valence-corrected chi connectivity index (χ4v) is 2.89. The summed E-state index contributed by atoms with van der Waals surface area (Å²) in [6, 6.07) is 8.49. The van der Waals surface area contributed by atoms with Crippen LogP contribution in [0.4, 0.5) is 24.5 Å².